The second kappa shape index (κ2) is 7.34. The lowest BCUT2D eigenvalue weighted by Crippen LogP contribution is -2.45. The molecule has 150 valence electrons. The van der Waals surface area contributed by atoms with Gasteiger partial charge in [0.2, 0.25) is 11.8 Å². The molecular weight excluding hydrogens is 402 g/mol. The molecule has 1 aliphatic heterocycles. The summed E-state index contributed by atoms with van der Waals surface area (Å²) in [5.41, 5.74) is 3.09. The molecule has 3 heterocycles. The minimum Gasteiger partial charge on any atom is -0.411 e. The molecule has 0 saturated carbocycles. The van der Waals surface area contributed by atoms with Crippen LogP contribution in [-0.4, -0.2) is 38.8 Å². The summed E-state index contributed by atoms with van der Waals surface area (Å²) in [5.74, 6) is -0.0369. The minimum atomic E-state index is -0.514. The number of amides is 2. The predicted octanol–water partition coefficient (Wildman–Crippen LogP) is 3.68. The van der Waals surface area contributed by atoms with E-state index in [1.54, 1.807) is 13.0 Å². The number of para-hydroxylation sites is 3. The second-order valence-electron chi connectivity index (χ2n) is 6.87. The van der Waals surface area contributed by atoms with E-state index < -0.39 is 5.25 Å². The first-order valence-corrected chi connectivity index (χ1v) is 10.2. The maximum Gasteiger partial charge on any atom is 0.277 e. The van der Waals surface area contributed by atoms with Crippen molar-refractivity contribution in [1.82, 2.24) is 15.2 Å². The molecule has 0 spiro atoms. The highest BCUT2D eigenvalue weighted by molar-refractivity contribution is 8.00. The van der Waals surface area contributed by atoms with Crippen LogP contribution in [0.15, 0.2) is 64.4 Å². The molecule has 9 heteroatoms. The topological polar surface area (TPSA) is 104 Å². The number of carbonyl (C=O) groups excluding carboxylic acids is 2. The molecule has 8 nitrogen and oxygen atoms in total. The molecule has 2 amide bonds. The van der Waals surface area contributed by atoms with Crippen molar-refractivity contribution >= 4 is 45.9 Å². The van der Waals surface area contributed by atoms with E-state index >= 15 is 0 Å². The van der Waals surface area contributed by atoms with E-state index in [0.717, 1.165) is 16.5 Å². The number of nitrogens with one attached hydrogen (secondary N) is 2. The molecule has 0 aliphatic carbocycles. The summed E-state index contributed by atoms with van der Waals surface area (Å²) in [4.78, 5) is 29.7. The zero-order chi connectivity index (χ0) is 20.7. The Hall–Kier alpha value is -3.59. The van der Waals surface area contributed by atoms with Crippen molar-refractivity contribution in [3.63, 3.8) is 0 Å². The molecule has 0 radical (unpaired) electrons. The van der Waals surface area contributed by atoms with Crippen LogP contribution < -0.4 is 10.2 Å². The fraction of sp³-hybridized carbons (Fsp3) is 0.143. The van der Waals surface area contributed by atoms with Crippen molar-refractivity contribution in [2.24, 2.45) is 0 Å². The van der Waals surface area contributed by atoms with Crippen LogP contribution in [0.25, 0.3) is 22.4 Å². The second-order valence-corrected chi connectivity index (χ2v) is 8.16. The summed E-state index contributed by atoms with van der Waals surface area (Å²) < 4.78 is 5.81. The van der Waals surface area contributed by atoms with Crippen LogP contribution in [0.5, 0.6) is 0 Å². The number of benzene rings is 2. The smallest absolute Gasteiger partial charge is 0.277 e. The number of hydrogen-bond donors (Lipinski definition) is 2. The third-order valence-electron chi connectivity index (χ3n) is 4.89. The monoisotopic (exact) mass is 419 g/mol. The van der Waals surface area contributed by atoms with Gasteiger partial charge in [-0.2, -0.15) is 0 Å². The Kier molecular flexibility index (Phi) is 4.51. The van der Waals surface area contributed by atoms with E-state index in [2.05, 4.69) is 20.5 Å². The molecule has 0 saturated heterocycles. The standard InChI is InChI=1S/C21H17N5O3S/c1-12(20(28)26-11-18(27)23-16-8-4-5-9-17(16)26)30-21-25-24-19(29-21)14-10-22-15-7-3-2-6-13(14)15/h2-10,12,22H,11H2,1H3,(H,23,27)/t12-/m1/s1. The lowest BCUT2D eigenvalue weighted by Gasteiger charge is -2.30. The van der Waals surface area contributed by atoms with Crippen molar-refractivity contribution < 1.29 is 14.0 Å². The van der Waals surface area contributed by atoms with Gasteiger partial charge >= 0.3 is 0 Å². The Morgan fingerprint density at radius 2 is 1.97 bits per heavy atom. The van der Waals surface area contributed by atoms with Crippen molar-refractivity contribution in [1.29, 1.82) is 0 Å². The molecule has 0 fully saturated rings. The highest BCUT2D eigenvalue weighted by atomic mass is 32.2. The molecule has 30 heavy (non-hydrogen) atoms. The highest BCUT2D eigenvalue weighted by Gasteiger charge is 2.31. The summed E-state index contributed by atoms with van der Waals surface area (Å²) in [6.07, 6.45) is 1.82. The van der Waals surface area contributed by atoms with Gasteiger partial charge in [-0.1, -0.05) is 42.1 Å². The van der Waals surface area contributed by atoms with E-state index in [1.807, 2.05) is 48.7 Å². The Labute approximate surface area is 175 Å². The Bertz CT molecular complexity index is 1260. The molecule has 1 aliphatic rings. The number of fused-ring (bicyclic) bond motifs is 2. The van der Waals surface area contributed by atoms with Gasteiger partial charge in [0, 0.05) is 17.1 Å². The summed E-state index contributed by atoms with van der Waals surface area (Å²) in [6.45, 7) is 1.74. The maximum atomic E-state index is 13.1. The average Bonchev–Trinajstić information content (AvgIpc) is 3.39. The Balaban J connectivity index is 1.36. The van der Waals surface area contributed by atoms with Crippen LogP contribution in [0.4, 0.5) is 11.4 Å². The molecule has 2 N–H and O–H groups in total. The first kappa shape index (κ1) is 18.4. The lowest BCUT2D eigenvalue weighted by atomic mass is 10.2. The average molecular weight is 419 g/mol. The van der Waals surface area contributed by atoms with Crippen LogP contribution in [-0.2, 0) is 9.59 Å². The predicted molar refractivity (Wildman–Crippen MR) is 114 cm³/mol. The van der Waals surface area contributed by atoms with Crippen LogP contribution in [0.2, 0.25) is 0 Å². The van der Waals surface area contributed by atoms with Crippen molar-refractivity contribution in [2.75, 3.05) is 16.8 Å². The van der Waals surface area contributed by atoms with Gasteiger partial charge in [-0.3, -0.25) is 14.5 Å². The van der Waals surface area contributed by atoms with Gasteiger partial charge in [-0.25, -0.2) is 0 Å². The van der Waals surface area contributed by atoms with Gasteiger partial charge in [-0.05, 0) is 25.1 Å². The van der Waals surface area contributed by atoms with E-state index in [1.165, 1.54) is 16.7 Å². The van der Waals surface area contributed by atoms with E-state index in [-0.39, 0.29) is 18.4 Å². The number of nitrogens with zero attached hydrogens (tertiary/aromatic N) is 3. The van der Waals surface area contributed by atoms with E-state index in [4.69, 9.17) is 4.42 Å². The molecule has 4 aromatic rings. The van der Waals surface area contributed by atoms with Crippen LogP contribution in [0.3, 0.4) is 0 Å². The van der Waals surface area contributed by atoms with Gasteiger partial charge < -0.3 is 14.7 Å². The summed E-state index contributed by atoms with van der Waals surface area (Å²) in [6, 6.07) is 15.1. The molecule has 0 bridgehead atoms. The van der Waals surface area contributed by atoms with Gasteiger partial charge in [-0.15, -0.1) is 10.2 Å². The number of H-pyrrole nitrogens is 1. The first-order chi connectivity index (χ1) is 14.6. The van der Waals surface area contributed by atoms with E-state index in [9.17, 15) is 9.59 Å². The SMILES string of the molecule is C[C@@H](Sc1nnc(-c2c[nH]c3ccccc23)o1)C(=O)N1CC(=O)Nc2ccccc21. The Morgan fingerprint density at radius 3 is 2.87 bits per heavy atom. The molecule has 2 aromatic heterocycles. The Morgan fingerprint density at radius 1 is 1.17 bits per heavy atom. The van der Waals surface area contributed by atoms with Gasteiger partial charge in [0.15, 0.2) is 0 Å². The maximum absolute atomic E-state index is 13.1. The van der Waals surface area contributed by atoms with Gasteiger partial charge in [0.25, 0.3) is 11.1 Å². The fourth-order valence-electron chi connectivity index (χ4n) is 3.47. The number of aromatic nitrogens is 3. The molecule has 0 unspecified atom stereocenters. The highest BCUT2D eigenvalue weighted by Crippen LogP contribution is 2.33. The minimum absolute atomic E-state index is 0.0226. The zero-order valence-corrected chi connectivity index (χ0v) is 16.8. The number of thioether (sulfide) groups is 1. The normalized spacial score (nSPS) is 14.4. The quantitative estimate of drug-likeness (QED) is 0.489. The van der Waals surface area contributed by atoms with E-state index in [0.29, 0.717) is 22.5 Å². The number of rotatable bonds is 4. The fourth-order valence-corrected chi connectivity index (χ4v) is 4.21. The van der Waals surface area contributed by atoms with Crippen molar-refractivity contribution in [3.05, 3.63) is 54.7 Å². The lowest BCUT2D eigenvalue weighted by molar-refractivity contribution is -0.121. The first-order valence-electron chi connectivity index (χ1n) is 9.37. The molecule has 5 rings (SSSR count). The number of hydrogen-bond acceptors (Lipinski definition) is 6. The van der Waals surface area contributed by atoms with Crippen LogP contribution in [0, 0.1) is 0 Å². The third-order valence-corrected chi connectivity index (χ3v) is 5.81. The van der Waals surface area contributed by atoms with Crippen molar-refractivity contribution in [2.45, 2.75) is 17.4 Å². The largest absolute Gasteiger partial charge is 0.411 e. The van der Waals surface area contributed by atoms with Crippen molar-refractivity contribution in [3.8, 4) is 11.5 Å². The number of aromatic amines is 1. The van der Waals surface area contributed by atoms with Gasteiger partial charge in [0.05, 0.1) is 22.2 Å². The van der Waals surface area contributed by atoms with Gasteiger partial charge in [0.1, 0.15) is 6.54 Å². The molecular formula is C21H17N5O3S. The number of carbonyl (C=O) groups is 2. The third kappa shape index (κ3) is 3.22. The number of anilines is 2. The molecule has 1 atom stereocenters. The zero-order valence-electron chi connectivity index (χ0n) is 16.0. The summed E-state index contributed by atoms with van der Waals surface area (Å²) in [5, 5.41) is 11.8. The summed E-state index contributed by atoms with van der Waals surface area (Å²) in [7, 11) is 0. The molecule has 2 aromatic carbocycles. The summed E-state index contributed by atoms with van der Waals surface area (Å²) >= 11 is 1.17. The van der Waals surface area contributed by atoms with Crippen LogP contribution >= 0.6 is 11.8 Å². The van der Waals surface area contributed by atoms with Crippen LogP contribution in [0.1, 0.15) is 6.92 Å².